The molecule has 0 N–H and O–H groups in total. The number of nitrogens with zero attached hydrogens (tertiary/aromatic N) is 2. The van der Waals surface area contributed by atoms with E-state index >= 15 is 0 Å². The highest BCUT2D eigenvalue weighted by Gasteiger charge is 2.30. The number of likely N-dealkylation sites (N-methyl/N-ethyl adjacent to an activating group) is 1. The SMILES string of the molecule is CN1C(=O)CN=C(c2ccc(C(F)(F)F)cc2)c2ccccc21. The standard InChI is InChI=1S/C17H13F3N2O/c1-22-14-5-3-2-4-13(14)16(21-10-15(22)23)11-6-8-12(9-7-11)17(18,19)20/h2-9H,10H2,1H3. The van der Waals surface area contributed by atoms with Gasteiger partial charge in [0, 0.05) is 18.2 Å². The summed E-state index contributed by atoms with van der Waals surface area (Å²) in [5.41, 5.74) is 1.77. The number of benzodiazepines with no additional fused rings is 1. The number of rotatable bonds is 1. The molecule has 23 heavy (non-hydrogen) atoms. The van der Waals surface area contributed by atoms with E-state index in [4.69, 9.17) is 0 Å². The monoisotopic (exact) mass is 318 g/mol. The zero-order chi connectivity index (χ0) is 16.6. The van der Waals surface area contributed by atoms with Gasteiger partial charge < -0.3 is 4.90 Å². The number of halogens is 3. The van der Waals surface area contributed by atoms with Crippen molar-refractivity contribution in [3.05, 3.63) is 65.2 Å². The van der Waals surface area contributed by atoms with Gasteiger partial charge in [0.15, 0.2) is 0 Å². The lowest BCUT2D eigenvalue weighted by molar-refractivity contribution is -0.137. The summed E-state index contributed by atoms with van der Waals surface area (Å²) in [7, 11) is 1.66. The Morgan fingerprint density at radius 2 is 1.70 bits per heavy atom. The van der Waals surface area contributed by atoms with Crippen LogP contribution in [0.1, 0.15) is 16.7 Å². The van der Waals surface area contributed by atoms with Crippen LogP contribution in [-0.4, -0.2) is 25.2 Å². The van der Waals surface area contributed by atoms with Crippen molar-refractivity contribution in [2.45, 2.75) is 6.18 Å². The molecule has 1 amide bonds. The van der Waals surface area contributed by atoms with Crippen LogP contribution in [0.25, 0.3) is 0 Å². The number of hydrogen-bond donors (Lipinski definition) is 0. The summed E-state index contributed by atoms with van der Waals surface area (Å²) in [6.45, 7) is -0.0401. The molecule has 0 atom stereocenters. The van der Waals surface area contributed by atoms with Crippen LogP contribution in [-0.2, 0) is 11.0 Å². The fourth-order valence-corrected chi connectivity index (χ4v) is 2.50. The quantitative estimate of drug-likeness (QED) is 0.792. The molecule has 0 bridgehead atoms. The van der Waals surface area contributed by atoms with Crippen molar-refractivity contribution < 1.29 is 18.0 Å². The molecule has 0 unspecified atom stereocenters. The molecule has 0 saturated carbocycles. The van der Waals surface area contributed by atoms with Crippen LogP contribution in [0.3, 0.4) is 0 Å². The van der Waals surface area contributed by atoms with Crippen LogP contribution in [0.2, 0.25) is 0 Å². The highest BCUT2D eigenvalue weighted by molar-refractivity contribution is 6.19. The summed E-state index contributed by atoms with van der Waals surface area (Å²) < 4.78 is 38.1. The fraction of sp³-hybridized carbons (Fsp3) is 0.176. The molecule has 118 valence electrons. The van der Waals surface area contributed by atoms with Gasteiger partial charge in [-0.3, -0.25) is 9.79 Å². The molecule has 1 heterocycles. The van der Waals surface area contributed by atoms with E-state index in [9.17, 15) is 18.0 Å². The second kappa shape index (κ2) is 5.53. The minimum Gasteiger partial charge on any atom is -0.313 e. The van der Waals surface area contributed by atoms with Crippen LogP contribution in [0.15, 0.2) is 53.5 Å². The molecule has 3 rings (SSSR count). The molecule has 3 nitrogen and oxygen atoms in total. The minimum absolute atomic E-state index is 0.0401. The Hall–Kier alpha value is -2.63. The summed E-state index contributed by atoms with van der Waals surface area (Å²) in [5, 5.41) is 0. The summed E-state index contributed by atoms with van der Waals surface area (Å²) in [6, 6.07) is 12.0. The lowest BCUT2D eigenvalue weighted by Gasteiger charge is -2.17. The van der Waals surface area contributed by atoms with E-state index in [1.807, 2.05) is 6.07 Å². The number of fused-ring (bicyclic) bond motifs is 1. The maximum absolute atomic E-state index is 12.7. The molecule has 2 aromatic carbocycles. The predicted octanol–water partition coefficient (Wildman–Crippen LogP) is 3.52. The van der Waals surface area contributed by atoms with E-state index in [1.165, 1.54) is 17.0 Å². The van der Waals surface area contributed by atoms with Gasteiger partial charge >= 0.3 is 6.18 Å². The molecule has 2 aromatic rings. The van der Waals surface area contributed by atoms with Gasteiger partial charge in [0.2, 0.25) is 5.91 Å². The Morgan fingerprint density at radius 1 is 1.04 bits per heavy atom. The van der Waals surface area contributed by atoms with Crippen molar-refractivity contribution in [2.75, 3.05) is 18.5 Å². The second-order valence-corrected chi connectivity index (χ2v) is 5.21. The van der Waals surface area contributed by atoms with Crippen LogP contribution >= 0.6 is 0 Å². The first-order valence-electron chi connectivity index (χ1n) is 6.96. The summed E-state index contributed by atoms with van der Waals surface area (Å²) >= 11 is 0. The first-order valence-corrected chi connectivity index (χ1v) is 6.96. The number of carbonyl (C=O) groups is 1. The molecule has 0 saturated heterocycles. The summed E-state index contributed by atoms with van der Waals surface area (Å²) in [6.07, 6.45) is -4.38. The highest BCUT2D eigenvalue weighted by atomic mass is 19.4. The Kier molecular flexibility index (Phi) is 3.67. The summed E-state index contributed by atoms with van der Waals surface area (Å²) in [4.78, 5) is 17.8. The molecule has 0 aromatic heterocycles. The van der Waals surface area contributed by atoms with Crippen LogP contribution in [0, 0.1) is 0 Å². The lowest BCUT2D eigenvalue weighted by atomic mass is 9.99. The number of aliphatic imine (C=N–C) groups is 1. The van der Waals surface area contributed by atoms with Crippen LogP contribution in [0.4, 0.5) is 18.9 Å². The molecule has 0 spiro atoms. The number of para-hydroxylation sites is 1. The number of amides is 1. The van der Waals surface area contributed by atoms with Gasteiger partial charge in [-0.1, -0.05) is 30.3 Å². The predicted molar refractivity (Wildman–Crippen MR) is 81.8 cm³/mol. The molecule has 0 aliphatic carbocycles. The van der Waals surface area contributed by atoms with Gasteiger partial charge in [0.1, 0.15) is 6.54 Å². The Balaban J connectivity index is 2.09. The first-order chi connectivity index (χ1) is 10.9. The van der Waals surface area contributed by atoms with Crippen molar-refractivity contribution >= 4 is 17.3 Å². The highest BCUT2D eigenvalue weighted by Crippen LogP contribution is 2.30. The largest absolute Gasteiger partial charge is 0.416 e. The van der Waals surface area contributed by atoms with Gasteiger partial charge in [-0.25, -0.2) is 0 Å². The number of carbonyl (C=O) groups excluding carboxylic acids is 1. The molecular weight excluding hydrogens is 305 g/mol. The molecule has 0 fully saturated rings. The van der Waals surface area contributed by atoms with E-state index in [1.54, 1.807) is 25.2 Å². The van der Waals surface area contributed by atoms with E-state index in [-0.39, 0.29) is 12.5 Å². The topological polar surface area (TPSA) is 32.7 Å². The van der Waals surface area contributed by atoms with Crippen molar-refractivity contribution in [3.63, 3.8) is 0 Å². The third-order valence-corrected chi connectivity index (χ3v) is 3.75. The average molecular weight is 318 g/mol. The van der Waals surface area contributed by atoms with Gasteiger partial charge in [0.25, 0.3) is 0 Å². The normalized spacial score (nSPS) is 15.0. The van der Waals surface area contributed by atoms with Crippen molar-refractivity contribution in [3.8, 4) is 0 Å². The van der Waals surface area contributed by atoms with E-state index in [0.717, 1.165) is 17.7 Å². The number of hydrogen-bond acceptors (Lipinski definition) is 2. The first kappa shape index (κ1) is 15.3. The second-order valence-electron chi connectivity index (χ2n) is 5.21. The summed E-state index contributed by atoms with van der Waals surface area (Å²) in [5.74, 6) is -0.167. The van der Waals surface area contributed by atoms with Gasteiger partial charge in [0.05, 0.1) is 17.0 Å². The zero-order valence-corrected chi connectivity index (χ0v) is 12.3. The minimum atomic E-state index is -4.38. The van der Waals surface area contributed by atoms with Gasteiger partial charge in [-0.15, -0.1) is 0 Å². The Bertz CT molecular complexity index is 779. The van der Waals surface area contributed by atoms with Crippen LogP contribution in [0.5, 0.6) is 0 Å². The molecule has 6 heteroatoms. The van der Waals surface area contributed by atoms with E-state index in [0.29, 0.717) is 17.0 Å². The molecule has 0 radical (unpaired) electrons. The number of anilines is 1. The fourth-order valence-electron chi connectivity index (χ4n) is 2.50. The Labute approximate surface area is 131 Å². The zero-order valence-electron chi connectivity index (χ0n) is 12.3. The van der Waals surface area contributed by atoms with Crippen molar-refractivity contribution in [1.29, 1.82) is 0 Å². The maximum Gasteiger partial charge on any atom is 0.416 e. The average Bonchev–Trinajstić information content (AvgIpc) is 2.65. The van der Waals surface area contributed by atoms with Gasteiger partial charge in [-0.2, -0.15) is 13.2 Å². The smallest absolute Gasteiger partial charge is 0.313 e. The van der Waals surface area contributed by atoms with Crippen molar-refractivity contribution in [2.24, 2.45) is 4.99 Å². The van der Waals surface area contributed by atoms with E-state index < -0.39 is 11.7 Å². The number of alkyl halides is 3. The maximum atomic E-state index is 12.7. The molecule has 1 aliphatic heterocycles. The number of benzene rings is 2. The molecular formula is C17H13F3N2O. The van der Waals surface area contributed by atoms with E-state index in [2.05, 4.69) is 4.99 Å². The van der Waals surface area contributed by atoms with Gasteiger partial charge in [-0.05, 0) is 18.2 Å². The lowest BCUT2D eigenvalue weighted by Crippen LogP contribution is -2.27. The third kappa shape index (κ3) is 2.84. The Morgan fingerprint density at radius 3 is 2.35 bits per heavy atom. The van der Waals surface area contributed by atoms with Crippen LogP contribution < -0.4 is 4.90 Å². The third-order valence-electron chi connectivity index (χ3n) is 3.75. The molecule has 1 aliphatic rings. The van der Waals surface area contributed by atoms with Crippen molar-refractivity contribution in [1.82, 2.24) is 0 Å².